The first-order chi connectivity index (χ1) is 9.66. The number of aryl methyl sites for hydroxylation is 1. The fraction of sp³-hybridized carbons (Fsp3) is 0.214. The highest BCUT2D eigenvalue weighted by molar-refractivity contribution is 7.13. The molecule has 0 unspecified atom stereocenters. The van der Waals surface area contributed by atoms with Crippen LogP contribution >= 0.6 is 11.3 Å². The molecule has 0 bridgehead atoms. The minimum Gasteiger partial charge on any atom is -0.352 e. The Labute approximate surface area is 121 Å². The number of thiazole rings is 1. The first-order valence-corrected chi connectivity index (χ1v) is 7.08. The van der Waals surface area contributed by atoms with Gasteiger partial charge >= 0.3 is 0 Å². The van der Waals surface area contributed by atoms with Gasteiger partial charge in [0.25, 0.3) is 5.91 Å². The van der Waals surface area contributed by atoms with Crippen molar-refractivity contribution in [3.8, 4) is 0 Å². The summed E-state index contributed by atoms with van der Waals surface area (Å²) in [6.45, 7) is 2.18. The lowest BCUT2D eigenvalue weighted by Gasteiger charge is -2.07. The van der Waals surface area contributed by atoms with Crippen molar-refractivity contribution in [2.45, 2.75) is 13.3 Å². The molecule has 0 aliphatic heterocycles. The fourth-order valence-electron chi connectivity index (χ4n) is 1.68. The minimum atomic E-state index is -0.162. The summed E-state index contributed by atoms with van der Waals surface area (Å²) in [6, 6.07) is 7.34. The molecular weight excluding hydrogens is 274 g/mol. The molecule has 1 heterocycles. The number of aromatic nitrogens is 1. The highest BCUT2D eigenvalue weighted by atomic mass is 32.1. The lowest BCUT2D eigenvalue weighted by Crippen LogP contribution is -2.28. The third-order valence-corrected chi connectivity index (χ3v) is 3.39. The zero-order valence-electron chi connectivity index (χ0n) is 11.1. The maximum atomic E-state index is 11.9. The summed E-state index contributed by atoms with van der Waals surface area (Å²) in [5.74, 6) is -0.324. The number of nitrogens with zero attached hydrogens (tertiary/aromatic N) is 1. The SMILES string of the molecule is Cc1ccccc1C(=O)NCCC(=O)Nc1nccs1. The third-order valence-electron chi connectivity index (χ3n) is 2.71. The quantitative estimate of drug-likeness (QED) is 0.886. The number of anilines is 1. The van der Waals surface area contributed by atoms with Gasteiger partial charge in [0.05, 0.1) is 0 Å². The average Bonchev–Trinajstić information content (AvgIpc) is 2.92. The average molecular weight is 289 g/mol. The number of carbonyl (C=O) groups excluding carboxylic acids is 2. The Morgan fingerprint density at radius 3 is 2.80 bits per heavy atom. The van der Waals surface area contributed by atoms with Crippen molar-refractivity contribution in [3.05, 3.63) is 47.0 Å². The van der Waals surface area contributed by atoms with Gasteiger partial charge in [0.15, 0.2) is 5.13 Å². The summed E-state index contributed by atoms with van der Waals surface area (Å²) in [6.07, 6.45) is 1.84. The van der Waals surface area contributed by atoms with Crippen molar-refractivity contribution >= 4 is 28.3 Å². The summed E-state index contributed by atoms with van der Waals surface area (Å²) in [5.41, 5.74) is 1.55. The molecule has 0 saturated heterocycles. The Balaban J connectivity index is 1.77. The monoisotopic (exact) mass is 289 g/mol. The van der Waals surface area contributed by atoms with E-state index in [0.717, 1.165) is 5.56 Å². The molecule has 0 spiro atoms. The van der Waals surface area contributed by atoms with Crippen molar-refractivity contribution < 1.29 is 9.59 Å². The molecule has 20 heavy (non-hydrogen) atoms. The standard InChI is InChI=1S/C14H15N3O2S/c1-10-4-2-3-5-11(10)13(19)15-7-6-12(18)17-14-16-8-9-20-14/h2-5,8-9H,6-7H2,1H3,(H,15,19)(H,16,17,18). The van der Waals surface area contributed by atoms with Crippen LogP contribution in [0.2, 0.25) is 0 Å². The van der Waals surface area contributed by atoms with Crippen LogP contribution in [0, 0.1) is 6.92 Å². The Hall–Kier alpha value is -2.21. The van der Waals surface area contributed by atoms with E-state index in [4.69, 9.17) is 0 Å². The van der Waals surface area contributed by atoms with Gasteiger partial charge in [0.2, 0.25) is 5.91 Å². The first kappa shape index (κ1) is 14.2. The number of hydrogen-bond donors (Lipinski definition) is 2. The van der Waals surface area contributed by atoms with E-state index in [1.54, 1.807) is 17.6 Å². The van der Waals surface area contributed by atoms with Crippen molar-refractivity contribution in [1.29, 1.82) is 0 Å². The van der Waals surface area contributed by atoms with Gasteiger partial charge in [-0.15, -0.1) is 11.3 Å². The predicted molar refractivity (Wildman–Crippen MR) is 78.9 cm³/mol. The third kappa shape index (κ3) is 3.89. The van der Waals surface area contributed by atoms with Gasteiger partial charge < -0.3 is 10.6 Å². The van der Waals surface area contributed by atoms with E-state index in [1.807, 2.05) is 25.1 Å². The molecule has 0 radical (unpaired) electrons. The molecule has 2 rings (SSSR count). The summed E-state index contributed by atoms with van der Waals surface area (Å²) >= 11 is 1.36. The van der Waals surface area contributed by atoms with E-state index in [0.29, 0.717) is 17.2 Å². The molecular formula is C14H15N3O2S. The largest absolute Gasteiger partial charge is 0.352 e. The zero-order valence-corrected chi connectivity index (χ0v) is 11.9. The topological polar surface area (TPSA) is 71.1 Å². The lowest BCUT2D eigenvalue weighted by atomic mass is 10.1. The van der Waals surface area contributed by atoms with Gasteiger partial charge in [0, 0.05) is 30.1 Å². The molecule has 2 N–H and O–H groups in total. The summed E-state index contributed by atoms with van der Waals surface area (Å²) in [7, 11) is 0. The van der Waals surface area contributed by atoms with Gasteiger partial charge in [-0.25, -0.2) is 4.98 Å². The Bertz CT molecular complexity index is 596. The summed E-state index contributed by atoms with van der Waals surface area (Å²) in [4.78, 5) is 27.5. The van der Waals surface area contributed by atoms with Gasteiger partial charge in [-0.1, -0.05) is 18.2 Å². The van der Waals surface area contributed by atoms with E-state index in [2.05, 4.69) is 15.6 Å². The molecule has 0 saturated carbocycles. The van der Waals surface area contributed by atoms with E-state index >= 15 is 0 Å². The number of carbonyl (C=O) groups is 2. The summed E-state index contributed by atoms with van der Waals surface area (Å²) in [5, 5.41) is 7.75. The second-order valence-electron chi connectivity index (χ2n) is 4.21. The van der Waals surface area contributed by atoms with E-state index in [9.17, 15) is 9.59 Å². The zero-order chi connectivity index (χ0) is 14.4. The van der Waals surface area contributed by atoms with Crippen LogP contribution in [0.5, 0.6) is 0 Å². The maximum absolute atomic E-state index is 11.9. The first-order valence-electron chi connectivity index (χ1n) is 6.20. The van der Waals surface area contributed by atoms with E-state index < -0.39 is 0 Å². The molecule has 1 aromatic heterocycles. The van der Waals surface area contributed by atoms with Crippen LogP contribution in [-0.2, 0) is 4.79 Å². The second-order valence-corrected chi connectivity index (χ2v) is 5.10. The molecule has 0 atom stereocenters. The molecule has 2 aromatic rings. The van der Waals surface area contributed by atoms with Gasteiger partial charge in [-0.05, 0) is 18.6 Å². The molecule has 0 fully saturated rings. The van der Waals surface area contributed by atoms with Gasteiger partial charge in [-0.2, -0.15) is 0 Å². The fourth-order valence-corrected chi connectivity index (χ4v) is 2.22. The van der Waals surface area contributed by atoms with Crippen LogP contribution < -0.4 is 10.6 Å². The van der Waals surface area contributed by atoms with Gasteiger partial charge in [-0.3, -0.25) is 9.59 Å². The smallest absolute Gasteiger partial charge is 0.251 e. The molecule has 0 aliphatic rings. The minimum absolute atomic E-state index is 0.162. The van der Waals surface area contributed by atoms with Crippen molar-refractivity contribution in [3.63, 3.8) is 0 Å². The van der Waals surface area contributed by atoms with Crippen LogP contribution in [0.1, 0.15) is 22.3 Å². The number of hydrogen-bond acceptors (Lipinski definition) is 4. The molecule has 0 aliphatic carbocycles. The number of rotatable bonds is 5. The Kier molecular flexibility index (Phi) is 4.84. The second kappa shape index (κ2) is 6.81. The van der Waals surface area contributed by atoms with Crippen molar-refractivity contribution in [2.75, 3.05) is 11.9 Å². The van der Waals surface area contributed by atoms with Gasteiger partial charge in [0.1, 0.15) is 0 Å². The summed E-state index contributed by atoms with van der Waals surface area (Å²) < 4.78 is 0. The number of nitrogens with one attached hydrogen (secondary N) is 2. The normalized spacial score (nSPS) is 10.1. The Morgan fingerprint density at radius 2 is 2.10 bits per heavy atom. The van der Waals surface area contributed by atoms with Crippen LogP contribution in [-0.4, -0.2) is 23.3 Å². The molecule has 6 heteroatoms. The molecule has 5 nitrogen and oxygen atoms in total. The highest BCUT2D eigenvalue weighted by Crippen LogP contribution is 2.10. The van der Waals surface area contributed by atoms with Crippen molar-refractivity contribution in [2.24, 2.45) is 0 Å². The van der Waals surface area contributed by atoms with E-state index in [-0.39, 0.29) is 18.2 Å². The molecule has 1 aromatic carbocycles. The number of amides is 2. The Morgan fingerprint density at radius 1 is 1.30 bits per heavy atom. The molecule has 104 valence electrons. The van der Waals surface area contributed by atoms with Crippen LogP contribution in [0.15, 0.2) is 35.8 Å². The van der Waals surface area contributed by atoms with Crippen LogP contribution in [0.25, 0.3) is 0 Å². The van der Waals surface area contributed by atoms with Crippen LogP contribution in [0.4, 0.5) is 5.13 Å². The van der Waals surface area contributed by atoms with E-state index in [1.165, 1.54) is 11.3 Å². The van der Waals surface area contributed by atoms with Crippen LogP contribution in [0.3, 0.4) is 0 Å². The molecule has 2 amide bonds. The lowest BCUT2D eigenvalue weighted by molar-refractivity contribution is -0.116. The highest BCUT2D eigenvalue weighted by Gasteiger charge is 2.09. The number of benzene rings is 1. The van der Waals surface area contributed by atoms with Crippen molar-refractivity contribution in [1.82, 2.24) is 10.3 Å². The maximum Gasteiger partial charge on any atom is 0.251 e. The predicted octanol–water partition coefficient (Wildman–Crippen LogP) is 2.21.